The third-order valence-corrected chi connectivity index (χ3v) is 6.26. The number of carbonyl (C=O) groups is 5. The Hall–Kier alpha value is -1.74. The summed E-state index contributed by atoms with van der Waals surface area (Å²) in [5, 5.41) is -0.538. The molecule has 0 N–H and O–H groups in total. The van der Waals surface area contributed by atoms with E-state index in [0.29, 0.717) is 0 Å². The second-order valence-corrected chi connectivity index (χ2v) is 8.95. The van der Waals surface area contributed by atoms with Crippen LogP contribution in [0.15, 0.2) is 0 Å². The fourth-order valence-electron chi connectivity index (χ4n) is 3.04. The third-order valence-electron chi connectivity index (χ3n) is 5.04. The lowest BCUT2D eigenvalue weighted by Crippen LogP contribution is -2.37. The first kappa shape index (κ1) is 22.5. The molecule has 2 fully saturated rings. The standard InChI is InChI=1S/C19H28N2O6S/c1-11(2)13-7-16(23)21(18(13)25)10-27-6-5-20-17(24)8-15(19(20)26)28-9-14(22)12(3)4/h11-13,15H,5-10H2,1-4H3. The van der Waals surface area contributed by atoms with E-state index in [9.17, 15) is 24.0 Å². The van der Waals surface area contributed by atoms with Crippen molar-refractivity contribution in [1.82, 2.24) is 9.80 Å². The van der Waals surface area contributed by atoms with E-state index in [1.165, 1.54) is 11.8 Å². The number of rotatable bonds is 10. The van der Waals surface area contributed by atoms with Gasteiger partial charge < -0.3 is 4.74 Å². The first-order valence-electron chi connectivity index (χ1n) is 9.54. The van der Waals surface area contributed by atoms with Gasteiger partial charge in [0.05, 0.1) is 24.2 Å². The van der Waals surface area contributed by atoms with E-state index in [2.05, 4.69) is 0 Å². The molecule has 0 spiro atoms. The Balaban J connectivity index is 1.76. The largest absolute Gasteiger partial charge is 0.359 e. The van der Waals surface area contributed by atoms with E-state index >= 15 is 0 Å². The molecule has 0 bridgehead atoms. The highest BCUT2D eigenvalue weighted by Gasteiger charge is 2.41. The number of carbonyl (C=O) groups excluding carboxylic acids is 5. The maximum absolute atomic E-state index is 12.4. The smallest absolute Gasteiger partial charge is 0.242 e. The van der Waals surface area contributed by atoms with Gasteiger partial charge in [0.1, 0.15) is 12.5 Å². The first-order chi connectivity index (χ1) is 13.1. The highest BCUT2D eigenvalue weighted by atomic mass is 32.2. The average Bonchev–Trinajstić information content (AvgIpc) is 3.06. The minimum absolute atomic E-state index is 0.0448. The molecule has 0 aromatic heterocycles. The molecule has 2 unspecified atom stereocenters. The van der Waals surface area contributed by atoms with Gasteiger partial charge in [0.15, 0.2) is 0 Å². The van der Waals surface area contributed by atoms with E-state index in [4.69, 9.17) is 4.74 Å². The third kappa shape index (κ3) is 5.20. The van der Waals surface area contributed by atoms with Crippen LogP contribution in [0.25, 0.3) is 0 Å². The monoisotopic (exact) mass is 412 g/mol. The van der Waals surface area contributed by atoms with Crippen LogP contribution in [0.1, 0.15) is 40.5 Å². The van der Waals surface area contributed by atoms with Crippen LogP contribution in [0.4, 0.5) is 0 Å². The molecule has 0 radical (unpaired) electrons. The summed E-state index contributed by atoms with van der Waals surface area (Å²) in [5.41, 5.74) is 0. The Morgan fingerprint density at radius 3 is 2.25 bits per heavy atom. The van der Waals surface area contributed by atoms with E-state index in [1.54, 1.807) is 13.8 Å². The fraction of sp³-hybridized carbons (Fsp3) is 0.737. The molecular weight excluding hydrogens is 384 g/mol. The summed E-state index contributed by atoms with van der Waals surface area (Å²) in [5.74, 6) is -1.19. The Bertz CT molecular complexity index is 663. The van der Waals surface area contributed by atoms with E-state index in [1.807, 2.05) is 13.8 Å². The lowest BCUT2D eigenvalue weighted by atomic mass is 9.95. The van der Waals surface area contributed by atoms with Gasteiger partial charge in [-0.25, -0.2) is 0 Å². The average molecular weight is 413 g/mol. The normalized spacial score (nSPS) is 23.1. The number of likely N-dealkylation sites (tertiary alicyclic amines) is 2. The van der Waals surface area contributed by atoms with Gasteiger partial charge in [0.25, 0.3) is 0 Å². The second kappa shape index (κ2) is 9.65. The Labute approximate surface area is 169 Å². The molecule has 28 heavy (non-hydrogen) atoms. The van der Waals surface area contributed by atoms with E-state index in [-0.39, 0.29) is 85.6 Å². The van der Waals surface area contributed by atoms with Crippen LogP contribution in [-0.2, 0) is 28.7 Å². The molecule has 2 aliphatic rings. The SMILES string of the molecule is CC(C)C(=O)CSC1CC(=O)N(CCOCN2C(=O)CC(C(C)C)C2=O)C1=O. The van der Waals surface area contributed by atoms with Crippen LogP contribution >= 0.6 is 11.8 Å². The lowest BCUT2D eigenvalue weighted by molar-refractivity contribution is -0.148. The minimum atomic E-state index is -0.538. The molecule has 4 amide bonds. The highest BCUT2D eigenvalue weighted by molar-refractivity contribution is 8.01. The van der Waals surface area contributed by atoms with Crippen molar-refractivity contribution in [3.05, 3.63) is 0 Å². The summed E-state index contributed by atoms with van der Waals surface area (Å²) in [6.45, 7) is 7.33. The summed E-state index contributed by atoms with van der Waals surface area (Å²) >= 11 is 1.20. The zero-order valence-corrected chi connectivity index (χ0v) is 17.6. The second-order valence-electron chi connectivity index (χ2n) is 7.76. The molecule has 2 rings (SSSR count). The summed E-state index contributed by atoms with van der Waals surface area (Å²) in [7, 11) is 0. The molecule has 0 saturated carbocycles. The lowest BCUT2D eigenvalue weighted by Gasteiger charge is -2.18. The number of nitrogens with zero attached hydrogens (tertiary/aromatic N) is 2. The quantitative estimate of drug-likeness (QED) is 0.391. The zero-order valence-electron chi connectivity index (χ0n) is 16.8. The zero-order chi connectivity index (χ0) is 21.0. The van der Waals surface area contributed by atoms with Gasteiger partial charge in [0.2, 0.25) is 23.6 Å². The van der Waals surface area contributed by atoms with Gasteiger partial charge in [-0.05, 0) is 5.92 Å². The predicted molar refractivity (Wildman–Crippen MR) is 103 cm³/mol. The Morgan fingerprint density at radius 1 is 1.04 bits per heavy atom. The Morgan fingerprint density at radius 2 is 1.68 bits per heavy atom. The van der Waals surface area contributed by atoms with E-state index < -0.39 is 5.25 Å². The summed E-state index contributed by atoms with van der Waals surface area (Å²) in [6, 6.07) is 0. The summed E-state index contributed by atoms with van der Waals surface area (Å²) in [4.78, 5) is 62.5. The predicted octanol–water partition coefficient (Wildman–Crippen LogP) is 1.08. The van der Waals surface area contributed by atoms with Gasteiger partial charge >= 0.3 is 0 Å². The maximum atomic E-state index is 12.4. The number of ether oxygens (including phenoxy) is 1. The molecule has 156 valence electrons. The molecule has 0 aromatic carbocycles. The van der Waals surface area contributed by atoms with Crippen LogP contribution < -0.4 is 0 Å². The van der Waals surface area contributed by atoms with Crippen LogP contribution in [-0.4, -0.2) is 70.1 Å². The molecule has 8 nitrogen and oxygen atoms in total. The molecule has 2 aliphatic heterocycles. The Kier molecular flexibility index (Phi) is 7.77. The van der Waals surface area contributed by atoms with E-state index in [0.717, 1.165) is 9.80 Å². The number of imide groups is 2. The molecule has 2 saturated heterocycles. The molecular formula is C19H28N2O6S. The number of amides is 4. The molecule has 0 aromatic rings. The fourth-order valence-corrected chi connectivity index (χ4v) is 4.27. The minimum Gasteiger partial charge on any atom is -0.359 e. The first-order valence-corrected chi connectivity index (χ1v) is 10.6. The number of hydrogen-bond acceptors (Lipinski definition) is 7. The number of thioether (sulfide) groups is 1. The molecule has 2 heterocycles. The van der Waals surface area contributed by atoms with Gasteiger partial charge in [-0.15, -0.1) is 11.8 Å². The van der Waals surface area contributed by atoms with Crippen molar-refractivity contribution in [2.24, 2.45) is 17.8 Å². The maximum Gasteiger partial charge on any atom is 0.242 e. The number of Topliss-reactive ketones (excluding diaryl/α,β-unsaturated/α-hetero) is 1. The van der Waals surface area contributed by atoms with Crippen molar-refractivity contribution in [3.63, 3.8) is 0 Å². The van der Waals surface area contributed by atoms with Crippen molar-refractivity contribution in [2.45, 2.75) is 45.8 Å². The summed E-state index contributed by atoms with van der Waals surface area (Å²) in [6.07, 6.45) is 0.269. The van der Waals surface area contributed by atoms with Crippen LogP contribution in [0.5, 0.6) is 0 Å². The van der Waals surface area contributed by atoms with Crippen molar-refractivity contribution < 1.29 is 28.7 Å². The van der Waals surface area contributed by atoms with Gasteiger partial charge in [-0.1, -0.05) is 27.7 Å². The van der Waals surface area contributed by atoms with Crippen LogP contribution in [0.2, 0.25) is 0 Å². The number of ketones is 1. The van der Waals surface area contributed by atoms with Gasteiger partial charge in [-0.2, -0.15) is 0 Å². The number of hydrogen-bond donors (Lipinski definition) is 0. The topological polar surface area (TPSA) is 101 Å². The van der Waals surface area contributed by atoms with Crippen LogP contribution in [0.3, 0.4) is 0 Å². The molecule has 2 atom stereocenters. The van der Waals surface area contributed by atoms with Crippen molar-refractivity contribution >= 4 is 41.2 Å². The van der Waals surface area contributed by atoms with Gasteiger partial charge in [0, 0.05) is 24.7 Å². The van der Waals surface area contributed by atoms with Gasteiger partial charge in [-0.3, -0.25) is 33.8 Å². The van der Waals surface area contributed by atoms with Crippen molar-refractivity contribution in [2.75, 3.05) is 25.6 Å². The molecule has 0 aliphatic carbocycles. The molecule has 9 heteroatoms. The van der Waals surface area contributed by atoms with Crippen LogP contribution in [0, 0.1) is 17.8 Å². The van der Waals surface area contributed by atoms with Crippen molar-refractivity contribution in [3.8, 4) is 0 Å². The summed E-state index contributed by atoms with van der Waals surface area (Å²) < 4.78 is 5.39. The van der Waals surface area contributed by atoms with Crippen molar-refractivity contribution in [1.29, 1.82) is 0 Å². The highest BCUT2D eigenvalue weighted by Crippen LogP contribution is 2.27.